The molecule has 1 fully saturated rings. The van der Waals surface area contributed by atoms with Crippen molar-refractivity contribution in [3.8, 4) is 5.88 Å². The molecule has 0 unspecified atom stereocenters. The van der Waals surface area contributed by atoms with Gasteiger partial charge in [0.15, 0.2) is 5.88 Å². The number of allylic oxidation sites excluding steroid dienone is 1. The van der Waals surface area contributed by atoms with E-state index in [9.17, 15) is 5.11 Å². The molecule has 168 valence electrons. The van der Waals surface area contributed by atoms with Gasteiger partial charge in [0.1, 0.15) is 0 Å². The van der Waals surface area contributed by atoms with Crippen LogP contribution in [0.1, 0.15) is 42.3 Å². The first kappa shape index (κ1) is 21.5. The summed E-state index contributed by atoms with van der Waals surface area (Å²) in [6.07, 6.45) is 9.94. The lowest BCUT2D eigenvalue weighted by atomic mass is 9.88. The predicted octanol–water partition coefficient (Wildman–Crippen LogP) is 6.76. The van der Waals surface area contributed by atoms with E-state index in [-0.39, 0.29) is 0 Å². The highest BCUT2D eigenvalue weighted by molar-refractivity contribution is 5.87. The Morgan fingerprint density at radius 1 is 0.788 bits per heavy atom. The van der Waals surface area contributed by atoms with Crippen LogP contribution in [-0.2, 0) is 0 Å². The molecule has 1 N–H and O–H groups in total. The van der Waals surface area contributed by atoms with E-state index in [1.807, 2.05) is 18.2 Å². The van der Waals surface area contributed by atoms with Gasteiger partial charge in [0.25, 0.3) is 0 Å². The summed E-state index contributed by atoms with van der Waals surface area (Å²) in [5.41, 5.74) is 2.74. The predicted molar refractivity (Wildman–Crippen MR) is 137 cm³/mol. The summed E-state index contributed by atoms with van der Waals surface area (Å²) in [4.78, 5) is 2.52. The molecule has 0 aliphatic carbocycles. The van der Waals surface area contributed by atoms with Crippen LogP contribution in [-0.4, -0.2) is 34.2 Å². The van der Waals surface area contributed by atoms with Gasteiger partial charge in [0.2, 0.25) is 0 Å². The third-order valence-electron chi connectivity index (χ3n) is 6.98. The van der Waals surface area contributed by atoms with Crippen molar-refractivity contribution in [1.82, 2.24) is 9.47 Å². The van der Waals surface area contributed by atoms with Crippen LogP contribution >= 0.6 is 0 Å². The van der Waals surface area contributed by atoms with Crippen molar-refractivity contribution in [3.63, 3.8) is 0 Å². The average Bonchev–Trinajstić information content (AvgIpc) is 3.22. The number of hydrogen-bond acceptors (Lipinski definition) is 2. The minimum atomic E-state index is 0.373. The number of piperidine rings is 1. The monoisotopic (exact) mass is 436 g/mol. The molecule has 33 heavy (non-hydrogen) atoms. The fourth-order valence-corrected chi connectivity index (χ4v) is 5.11. The van der Waals surface area contributed by atoms with Crippen molar-refractivity contribution in [1.29, 1.82) is 0 Å². The van der Waals surface area contributed by atoms with Gasteiger partial charge in [-0.05, 0) is 36.5 Å². The maximum absolute atomic E-state index is 10.7. The number of likely N-dealkylation sites (tertiary alicyclic amines) is 1. The maximum Gasteiger partial charge on any atom is 0.199 e. The molecule has 1 saturated heterocycles. The fourth-order valence-electron chi connectivity index (χ4n) is 5.11. The SMILES string of the molecule is Oc1c2ccccc2cn1C1CCN(CC=CCC(c2ccccc2)c2ccccc2)CC1. The number of aromatic hydroxyl groups is 1. The smallest absolute Gasteiger partial charge is 0.199 e. The molecule has 0 spiro atoms. The van der Waals surface area contributed by atoms with Crippen LogP contribution < -0.4 is 0 Å². The molecule has 0 saturated carbocycles. The lowest BCUT2D eigenvalue weighted by Crippen LogP contribution is -2.34. The van der Waals surface area contributed by atoms with Crippen LogP contribution in [0.25, 0.3) is 10.8 Å². The Kier molecular flexibility index (Phi) is 6.59. The van der Waals surface area contributed by atoms with Crippen LogP contribution in [0.15, 0.2) is 103 Å². The van der Waals surface area contributed by atoms with Crippen LogP contribution in [0.2, 0.25) is 0 Å². The third kappa shape index (κ3) is 4.89. The molecule has 2 heterocycles. The van der Waals surface area contributed by atoms with E-state index >= 15 is 0 Å². The zero-order chi connectivity index (χ0) is 22.5. The van der Waals surface area contributed by atoms with Crippen LogP contribution in [0.4, 0.5) is 0 Å². The van der Waals surface area contributed by atoms with Crippen LogP contribution in [0.3, 0.4) is 0 Å². The molecule has 3 aromatic carbocycles. The number of rotatable bonds is 7. The number of aromatic nitrogens is 1. The Morgan fingerprint density at radius 3 is 2.03 bits per heavy atom. The van der Waals surface area contributed by atoms with Crippen molar-refractivity contribution in [2.24, 2.45) is 0 Å². The summed E-state index contributed by atoms with van der Waals surface area (Å²) in [7, 11) is 0. The molecule has 3 heteroatoms. The molecule has 0 amide bonds. The lowest BCUT2D eigenvalue weighted by Gasteiger charge is -2.32. The second kappa shape index (κ2) is 10.1. The molecule has 0 bridgehead atoms. The number of nitrogens with zero attached hydrogens (tertiary/aromatic N) is 2. The summed E-state index contributed by atoms with van der Waals surface area (Å²) in [5.74, 6) is 0.803. The molecule has 0 radical (unpaired) electrons. The third-order valence-corrected chi connectivity index (χ3v) is 6.98. The zero-order valence-electron chi connectivity index (χ0n) is 19.1. The maximum atomic E-state index is 10.7. The molecular weight excluding hydrogens is 404 g/mol. The van der Waals surface area contributed by atoms with Crippen molar-refractivity contribution in [2.45, 2.75) is 31.2 Å². The van der Waals surface area contributed by atoms with E-state index in [1.165, 1.54) is 11.1 Å². The van der Waals surface area contributed by atoms with Gasteiger partial charge in [-0.3, -0.25) is 4.90 Å². The van der Waals surface area contributed by atoms with E-state index in [0.29, 0.717) is 17.8 Å². The van der Waals surface area contributed by atoms with Gasteiger partial charge in [-0.25, -0.2) is 0 Å². The standard InChI is InChI=1S/C30H32N2O/c33-30-29-17-8-7-15-26(29)23-32(30)27-18-21-31(22-19-27)20-10-9-16-28(24-11-3-1-4-12-24)25-13-5-2-6-14-25/h1-15,17,23,27-28,33H,16,18-22H2. The summed E-state index contributed by atoms with van der Waals surface area (Å²) in [6, 6.07) is 30.1. The van der Waals surface area contributed by atoms with E-state index in [2.05, 4.69) is 94.5 Å². The molecule has 0 atom stereocenters. The second-order valence-electron chi connectivity index (χ2n) is 9.06. The Labute approximate surface area is 196 Å². The first-order chi connectivity index (χ1) is 16.3. The summed E-state index contributed by atoms with van der Waals surface area (Å²) in [5, 5.41) is 12.7. The highest BCUT2D eigenvalue weighted by atomic mass is 16.3. The Hall–Kier alpha value is -3.30. The van der Waals surface area contributed by atoms with Crippen molar-refractivity contribution in [3.05, 3.63) is 114 Å². The van der Waals surface area contributed by atoms with Crippen molar-refractivity contribution in [2.75, 3.05) is 19.6 Å². The van der Waals surface area contributed by atoms with E-state index in [4.69, 9.17) is 0 Å². The minimum Gasteiger partial charge on any atom is -0.494 e. The Bertz CT molecular complexity index is 1150. The fraction of sp³-hybridized carbons (Fsp3) is 0.267. The Balaban J connectivity index is 1.17. The zero-order valence-corrected chi connectivity index (χ0v) is 19.1. The molecule has 1 aliphatic rings. The van der Waals surface area contributed by atoms with Gasteiger partial charge in [-0.15, -0.1) is 0 Å². The summed E-state index contributed by atoms with van der Waals surface area (Å²) in [6.45, 7) is 3.11. The van der Waals surface area contributed by atoms with E-state index in [0.717, 1.165) is 49.7 Å². The number of fused-ring (bicyclic) bond motifs is 1. The highest BCUT2D eigenvalue weighted by Gasteiger charge is 2.22. The highest BCUT2D eigenvalue weighted by Crippen LogP contribution is 2.34. The van der Waals surface area contributed by atoms with Gasteiger partial charge in [0.05, 0.1) is 0 Å². The van der Waals surface area contributed by atoms with E-state index < -0.39 is 0 Å². The Morgan fingerprint density at radius 2 is 1.39 bits per heavy atom. The first-order valence-electron chi connectivity index (χ1n) is 12.1. The van der Waals surface area contributed by atoms with Gasteiger partial charge in [-0.1, -0.05) is 91.0 Å². The van der Waals surface area contributed by atoms with Gasteiger partial charge < -0.3 is 9.67 Å². The topological polar surface area (TPSA) is 28.4 Å². The van der Waals surface area contributed by atoms with Gasteiger partial charge in [0, 0.05) is 48.6 Å². The molecule has 4 aromatic rings. The van der Waals surface area contributed by atoms with E-state index in [1.54, 1.807) is 0 Å². The molecular formula is C30H32N2O. The van der Waals surface area contributed by atoms with Crippen molar-refractivity contribution < 1.29 is 5.11 Å². The summed E-state index contributed by atoms with van der Waals surface area (Å²) >= 11 is 0. The van der Waals surface area contributed by atoms with Crippen LogP contribution in [0, 0.1) is 0 Å². The van der Waals surface area contributed by atoms with Crippen LogP contribution in [0.5, 0.6) is 5.88 Å². The average molecular weight is 437 g/mol. The molecule has 3 nitrogen and oxygen atoms in total. The van der Waals surface area contributed by atoms with Gasteiger partial charge >= 0.3 is 0 Å². The molecule has 1 aromatic heterocycles. The molecule has 1 aliphatic heterocycles. The number of hydrogen-bond donors (Lipinski definition) is 1. The number of benzene rings is 3. The largest absolute Gasteiger partial charge is 0.494 e. The second-order valence-corrected chi connectivity index (χ2v) is 9.06. The molecule has 5 rings (SSSR count). The quantitative estimate of drug-likeness (QED) is 0.324. The lowest BCUT2D eigenvalue weighted by molar-refractivity contribution is 0.196. The normalized spacial score (nSPS) is 15.7. The van der Waals surface area contributed by atoms with Gasteiger partial charge in [-0.2, -0.15) is 0 Å². The minimum absolute atomic E-state index is 0.373. The summed E-state index contributed by atoms with van der Waals surface area (Å²) < 4.78 is 2.09. The van der Waals surface area contributed by atoms with Crippen molar-refractivity contribution >= 4 is 10.8 Å². The first-order valence-corrected chi connectivity index (χ1v) is 12.1.